The predicted molar refractivity (Wildman–Crippen MR) is 88.2 cm³/mol. The van der Waals surface area contributed by atoms with Crippen LogP contribution in [0.4, 0.5) is 4.39 Å². The van der Waals surface area contributed by atoms with Crippen LogP contribution < -0.4 is 10.1 Å². The monoisotopic (exact) mass is 329 g/mol. The summed E-state index contributed by atoms with van der Waals surface area (Å²) in [7, 11) is 0. The van der Waals surface area contributed by atoms with Crippen molar-refractivity contribution in [2.24, 2.45) is 0 Å². The van der Waals surface area contributed by atoms with Gasteiger partial charge >= 0.3 is 0 Å². The lowest BCUT2D eigenvalue weighted by molar-refractivity contribution is 0.0925. The minimum atomic E-state index is -0.452. The summed E-state index contributed by atoms with van der Waals surface area (Å²) in [6.45, 7) is -0.116. The van der Waals surface area contributed by atoms with Crippen molar-refractivity contribution in [3.05, 3.63) is 65.0 Å². The molecule has 2 N–H and O–H groups in total. The number of aliphatic hydroxyl groups is 1. The van der Waals surface area contributed by atoms with Gasteiger partial charge in [-0.3, -0.25) is 4.79 Å². The average molecular weight is 329 g/mol. The molecule has 2 aromatic rings. The second kappa shape index (κ2) is 7.45. The summed E-state index contributed by atoms with van der Waals surface area (Å²) >= 11 is 0. The van der Waals surface area contributed by atoms with E-state index in [0.29, 0.717) is 11.3 Å². The fraction of sp³-hybridized carbons (Fsp3) is 0.316. The molecule has 1 aliphatic rings. The fourth-order valence-corrected chi connectivity index (χ4v) is 2.56. The Labute approximate surface area is 140 Å². The van der Waals surface area contributed by atoms with Gasteiger partial charge in [0.2, 0.25) is 0 Å². The first-order valence-corrected chi connectivity index (χ1v) is 8.09. The molecule has 1 saturated carbocycles. The maximum absolute atomic E-state index is 13.4. The van der Waals surface area contributed by atoms with E-state index in [-0.39, 0.29) is 30.7 Å². The topological polar surface area (TPSA) is 58.6 Å². The number of carbonyl (C=O) groups excluding carboxylic acids is 1. The highest BCUT2D eigenvalue weighted by atomic mass is 19.1. The summed E-state index contributed by atoms with van der Waals surface area (Å²) < 4.78 is 19.2. The number of amides is 1. The molecular formula is C19H20FNO3. The largest absolute Gasteiger partial charge is 0.490 e. The van der Waals surface area contributed by atoms with Crippen LogP contribution in [-0.2, 0) is 13.2 Å². The number of halogens is 1. The van der Waals surface area contributed by atoms with Crippen molar-refractivity contribution in [3.63, 3.8) is 0 Å². The third-order valence-corrected chi connectivity index (χ3v) is 4.21. The van der Waals surface area contributed by atoms with E-state index in [1.54, 1.807) is 30.3 Å². The molecule has 0 unspecified atom stereocenters. The Morgan fingerprint density at radius 2 is 2.04 bits per heavy atom. The Balaban J connectivity index is 1.66. The van der Waals surface area contributed by atoms with Gasteiger partial charge in [0.25, 0.3) is 5.91 Å². The summed E-state index contributed by atoms with van der Waals surface area (Å²) in [4.78, 5) is 12.4. The van der Waals surface area contributed by atoms with E-state index in [0.717, 1.165) is 24.8 Å². The highest BCUT2D eigenvalue weighted by Crippen LogP contribution is 2.27. The van der Waals surface area contributed by atoms with Gasteiger partial charge in [0.05, 0.1) is 18.3 Å². The SMILES string of the molecule is O=C(NCc1ccc(F)c(CO)c1)c1ccccc1OC1CCC1. The van der Waals surface area contributed by atoms with Crippen LogP contribution in [0.15, 0.2) is 42.5 Å². The fourth-order valence-electron chi connectivity index (χ4n) is 2.56. The Bertz CT molecular complexity index is 728. The molecule has 1 amide bonds. The molecule has 0 aliphatic heterocycles. The Kier molecular flexibility index (Phi) is 5.11. The highest BCUT2D eigenvalue weighted by Gasteiger charge is 2.21. The molecule has 5 heteroatoms. The van der Waals surface area contributed by atoms with Gasteiger partial charge in [-0.1, -0.05) is 18.2 Å². The lowest BCUT2D eigenvalue weighted by Gasteiger charge is -2.27. The highest BCUT2D eigenvalue weighted by molar-refractivity contribution is 5.96. The Morgan fingerprint density at radius 1 is 1.25 bits per heavy atom. The van der Waals surface area contributed by atoms with Gasteiger partial charge in [-0.15, -0.1) is 0 Å². The van der Waals surface area contributed by atoms with Crippen molar-refractivity contribution < 1.29 is 19.0 Å². The van der Waals surface area contributed by atoms with Gasteiger partial charge in [-0.25, -0.2) is 4.39 Å². The van der Waals surface area contributed by atoms with Crippen molar-refractivity contribution in [3.8, 4) is 5.75 Å². The third kappa shape index (κ3) is 3.74. The van der Waals surface area contributed by atoms with Gasteiger partial charge in [-0.2, -0.15) is 0 Å². The van der Waals surface area contributed by atoms with Gasteiger partial charge in [-0.05, 0) is 49.1 Å². The summed E-state index contributed by atoms with van der Waals surface area (Å²) in [6.07, 6.45) is 3.41. The van der Waals surface area contributed by atoms with E-state index in [4.69, 9.17) is 9.84 Å². The van der Waals surface area contributed by atoms with E-state index in [9.17, 15) is 9.18 Å². The van der Waals surface area contributed by atoms with Crippen molar-refractivity contribution in [1.29, 1.82) is 0 Å². The molecule has 0 saturated heterocycles. The normalized spacial score (nSPS) is 14.1. The number of benzene rings is 2. The maximum atomic E-state index is 13.4. The standard InChI is InChI=1S/C19H20FNO3/c20-17-9-8-13(10-14(17)12-22)11-21-19(23)16-6-1-2-7-18(16)24-15-4-3-5-15/h1-2,6-10,15,22H,3-5,11-12H2,(H,21,23). The van der Waals surface area contributed by atoms with E-state index in [1.165, 1.54) is 6.07 Å². The van der Waals surface area contributed by atoms with E-state index >= 15 is 0 Å². The van der Waals surface area contributed by atoms with Crippen molar-refractivity contribution in [1.82, 2.24) is 5.32 Å². The van der Waals surface area contributed by atoms with Crippen molar-refractivity contribution >= 4 is 5.91 Å². The number of carbonyl (C=O) groups is 1. The summed E-state index contributed by atoms with van der Waals surface area (Å²) in [5.74, 6) is -0.0959. The van der Waals surface area contributed by atoms with Crippen LogP contribution in [0.1, 0.15) is 40.7 Å². The lowest BCUT2D eigenvalue weighted by Crippen LogP contribution is -2.27. The number of para-hydroxylation sites is 1. The van der Waals surface area contributed by atoms with Crippen LogP contribution in [-0.4, -0.2) is 17.1 Å². The quantitative estimate of drug-likeness (QED) is 0.856. The summed E-state index contributed by atoms with van der Waals surface area (Å²) in [5, 5.41) is 11.9. The second-order valence-electron chi connectivity index (χ2n) is 5.93. The number of aliphatic hydroxyl groups excluding tert-OH is 1. The van der Waals surface area contributed by atoms with Gasteiger partial charge in [0.1, 0.15) is 11.6 Å². The smallest absolute Gasteiger partial charge is 0.255 e. The first-order valence-electron chi connectivity index (χ1n) is 8.09. The second-order valence-corrected chi connectivity index (χ2v) is 5.93. The zero-order chi connectivity index (χ0) is 16.9. The summed E-state index contributed by atoms with van der Waals surface area (Å²) in [6, 6.07) is 11.6. The molecular weight excluding hydrogens is 309 g/mol. The molecule has 1 aliphatic carbocycles. The van der Waals surface area contributed by atoms with Crippen LogP contribution >= 0.6 is 0 Å². The minimum absolute atomic E-state index is 0.197. The van der Waals surface area contributed by atoms with Gasteiger partial charge in [0.15, 0.2) is 0 Å². The van der Waals surface area contributed by atoms with E-state index < -0.39 is 5.82 Å². The number of nitrogens with one attached hydrogen (secondary N) is 1. The zero-order valence-electron chi connectivity index (χ0n) is 13.3. The van der Waals surface area contributed by atoms with Crippen LogP contribution in [0.3, 0.4) is 0 Å². The Hall–Kier alpha value is -2.40. The molecule has 0 atom stereocenters. The molecule has 24 heavy (non-hydrogen) atoms. The number of rotatable bonds is 6. The third-order valence-electron chi connectivity index (χ3n) is 4.21. The first kappa shape index (κ1) is 16.5. The molecule has 0 spiro atoms. The number of hydrogen-bond acceptors (Lipinski definition) is 3. The van der Waals surface area contributed by atoms with Crippen molar-refractivity contribution in [2.45, 2.75) is 38.5 Å². The summed E-state index contributed by atoms with van der Waals surface area (Å²) in [5.41, 5.74) is 1.44. The van der Waals surface area contributed by atoms with Crippen LogP contribution in [0, 0.1) is 5.82 Å². The number of hydrogen-bond donors (Lipinski definition) is 2. The van der Waals surface area contributed by atoms with E-state index in [1.807, 2.05) is 6.07 Å². The first-order chi connectivity index (χ1) is 11.7. The molecule has 4 nitrogen and oxygen atoms in total. The van der Waals surface area contributed by atoms with Crippen LogP contribution in [0.25, 0.3) is 0 Å². The average Bonchev–Trinajstić information content (AvgIpc) is 2.57. The van der Waals surface area contributed by atoms with Crippen LogP contribution in [0.2, 0.25) is 0 Å². The molecule has 0 aromatic heterocycles. The molecule has 0 radical (unpaired) electrons. The lowest BCUT2D eigenvalue weighted by atomic mass is 9.96. The van der Waals surface area contributed by atoms with Gasteiger partial charge < -0.3 is 15.2 Å². The molecule has 3 rings (SSSR count). The molecule has 126 valence electrons. The van der Waals surface area contributed by atoms with E-state index in [2.05, 4.69) is 5.32 Å². The Morgan fingerprint density at radius 3 is 2.75 bits per heavy atom. The zero-order valence-corrected chi connectivity index (χ0v) is 13.3. The maximum Gasteiger partial charge on any atom is 0.255 e. The molecule has 1 fully saturated rings. The van der Waals surface area contributed by atoms with Crippen LogP contribution in [0.5, 0.6) is 5.75 Å². The molecule has 2 aromatic carbocycles. The number of ether oxygens (including phenoxy) is 1. The predicted octanol–water partition coefficient (Wildman–Crippen LogP) is 3.18. The minimum Gasteiger partial charge on any atom is -0.490 e. The van der Waals surface area contributed by atoms with Gasteiger partial charge in [0, 0.05) is 12.1 Å². The molecule has 0 bridgehead atoms. The molecule has 0 heterocycles. The van der Waals surface area contributed by atoms with Crippen molar-refractivity contribution in [2.75, 3.05) is 0 Å².